The maximum Gasteiger partial charge on any atom is 0.129 e. The quantitative estimate of drug-likeness (QED) is 0.762. The molecule has 76 valence electrons. The van der Waals surface area contributed by atoms with Crippen molar-refractivity contribution < 1.29 is 9.50 Å². The molecule has 1 fully saturated rings. The van der Waals surface area contributed by atoms with Gasteiger partial charge in [-0.2, -0.15) is 0 Å². The van der Waals surface area contributed by atoms with E-state index in [2.05, 4.69) is 0 Å². The summed E-state index contributed by atoms with van der Waals surface area (Å²) in [7, 11) is 0. The van der Waals surface area contributed by atoms with Crippen LogP contribution >= 0.6 is 11.6 Å². The number of aliphatic hydroxyl groups is 1. The molecule has 14 heavy (non-hydrogen) atoms. The molecule has 0 saturated heterocycles. The van der Waals surface area contributed by atoms with E-state index in [0.717, 1.165) is 6.42 Å². The Hall–Kier alpha value is -0.600. The number of aryl methyl sites for hydroxylation is 1. The van der Waals surface area contributed by atoms with Gasteiger partial charge in [0.1, 0.15) is 5.82 Å². The van der Waals surface area contributed by atoms with Gasteiger partial charge in [-0.25, -0.2) is 4.39 Å². The van der Waals surface area contributed by atoms with Gasteiger partial charge in [0.05, 0.1) is 5.60 Å². The second-order valence-corrected chi connectivity index (χ2v) is 4.37. The van der Waals surface area contributed by atoms with Crippen LogP contribution in [0.4, 0.5) is 4.39 Å². The molecule has 0 radical (unpaired) electrons. The lowest BCUT2D eigenvalue weighted by Gasteiger charge is -2.37. The number of hydrogen-bond donors (Lipinski definition) is 1. The van der Waals surface area contributed by atoms with Crippen LogP contribution in [0.5, 0.6) is 0 Å². The summed E-state index contributed by atoms with van der Waals surface area (Å²) in [5.41, 5.74) is 0.0803. The molecule has 0 bridgehead atoms. The minimum absolute atomic E-state index is 0.347. The van der Waals surface area contributed by atoms with Gasteiger partial charge < -0.3 is 5.11 Å². The second kappa shape index (κ2) is 3.21. The zero-order valence-electron chi connectivity index (χ0n) is 7.98. The first-order valence-corrected chi connectivity index (χ1v) is 5.09. The topological polar surface area (TPSA) is 20.2 Å². The van der Waals surface area contributed by atoms with Crippen LogP contribution in [0.15, 0.2) is 12.1 Å². The summed E-state index contributed by atoms with van der Waals surface area (Å²) >= 11 is 5.90. The molecule has 0 aliphatic heterocycles. The molecule has 3 heteroatoms. The van der Waals surface area contributed by atoms with E-state index in [0.29, 0.717) is 29.0 Å². The van der Waals surface area contributed by atoms with Gasteiger partial charge in [-0.3, -0.25) is 0 Å². The summed E-state index contributed by atoms with van der Waals surface area (Å²) in [6, 6.07) is 2.93. The van der Waals surface area contributed by atoms with Crippen LogP contribution < -0.4 is 0 Å². The average molecular weight is 215 g/mol. The highest BCUT2D eigenvalue weighted by molar-refractivity contribution is 6.31. The first-order chi connectivity index (χ1) is 6.53. The first-order valence-electron chi connectivity index (χ1n) is 4.71. The third-order valence-electron chi connectivity index (χ3n) is 2.93. The van der Waals surface area contributed by atoms with Gasteiger partial charge in [0.15, 0.2) is 0 Å². The molecule has 0 unspecified atom stereocenters. The van der Waals surface area contributed by atoms with Crippen LogP contribution in [0.1, 0.15) is 30.4 Å². The van der Waals surface area contributed by atoms with Gasteiger partial charge in [-0.05, 0) is 43.9 Å². The van der Waals surface area contributed by atoms with Crippen LogP contribution in [-0.4, -0.2) is 5.11 Å². The third kappa shape index (κ3) is 1.43. The van der Waals surface area contributed by atoms with Gasteiger partial charge in [0.25, 0.3) is 0 Å². The number of halogens is 2. The fourth-order valence-corrected chi connectivity index (χ4v) is 1.95. The lowest BCUT2D eigenvalue weighted by molar-refractivity contribution is -0.0416. The Morgan fingerprint density at radius 2 is 2.07 bits per heavy atom. The SMILES string of the molecule is Cc1cc(F)c(C2(O)CCC2)cc1Cl. The smallest absolute Gasteiger partial charge is 0.129 e. The molecule has 1 aliphatic rings. The Kier molecular flexibility index (Phi) is 2.28. The van der Waals surface area contributed by atoms with E-state index < -0.39 is 5.60 Å². The normalized spacial score (nSPS) is 19.1. The third-order valence-corrected chi connectivity index (χ3v) is 3.34. The predicted molar refractivity (Wildman–Crippen MR) is 53.9 cm³/mol. The van der Waals surface area contributed by atoms with Crippen LogP contribution in [0.25, 0.3) is 0 Å². The molecule has 0 heterocycles. The van der Waals surface area contributed by atoms with E-state index >= 15 is 0 Å². The fraction of sp³-hybridized carbons (Fsp3) is 0.455. The molecule has 1 aromatic carbocycles. The van der Waals surface area contributed by atoms with Crippen LogP contribution in [0.3, 0.4) is 0 Å². The van der Waals surface area contributed by atoms with E-state index in [1.807, 2.05) is 0 Å². The maximum absolute atomic E-state index is 13.5. The zero-order chi connectivity index (χ0) is 10.3. The summed E-state index contributed by atoms with van der Waals surface area (Å²) in [6.07, 6.45) is 2.20. The molecule has 1 nitrogen and oxygen atoms in total. The van der Waals surface area contributed by atoms with Gasteiger partial charge in [0, 0.05) is 10.6 Å². The Morgan fingerprint density at radius 3 is 2.57 bits per heavy atom. The molecule has 0 aromatic heterocycles. The molecular weight excluding hydrogens is 203 g/mol. The molecule has 0 spiro atoms. The molecule has 1 saturated carbocycles. The van der Waals surface area contributed by atoms with Crippen molar-refractivity contribution in [3.8, 4) is 0 Å². The minimum atomic E-state index is -0.971. The zero-order valence-corrected chi connectivity index (χ0v) is 8.74. The van der Waals surface area contributed by atoms with Crippen LogP contribution in [0, 0.1) is 12.7 Å². The predicted octanol–water partition coefficient (Wildman–Crippen LogP) is 3.16. The highest BCUT2D eigenvalue weighted by Crippen LogP contribution is 2.43. The standard InChI is InChI=1S/C11H12ClFO/c1-7-5-10(13)8(6-9(7)12)11(14)3-2-4-11/h5-6,14H,2-4H2,1H3. The van der Waals surface area contributed by atoms with Gasteiger partial charge in [0.2, 0.25) is 0 Å². The van der Waals surface area contributed by atoms with Crippen LogP contribution in [-0.2, 0) is 5.60 Å². The summed E-state index contributed by atoms with van der Waals surface area (Å²) < 4.78 is 13.5. The summed E-state index contributed by atoms with van der Waals surface area (Å²) in [4.78, 5) is 0. The average Bonchev–Trinajstić information content (AvgIpc) is 2.07. The van der Waals surface area contributed by atoms with Crippen molar-refractivity contribution in [1.29, 1.82) is 0 Å². The van der Waals surface area contributed by atoms with Gasteiger partial charge >= 0.3 is 0 Å². The molecule has 0 atom stereocenters. The number of hydrogen-bond acceptors (Lipinski definition) is 1. The number of rotatable bonds is 1. The van der Waals surface area contributed by atoms with E-state index in [-0.39, 0.29) is 5.82 Å². The monoisotopic (exact) mass is 214 g/mol. The van der Waals surface area contributed by atoms with Gasteiger partial charge in [-0.1, -0.05) is 11.6 Å². The van der Waals surface area contributed by atoms with Crippen molar-refractivity contribution in [2.24, 2.45) is 0 Å². The Bertz CT molecular complexity index is 372. The summed E-state index contributed by atoms with van der Waals surface area (Å²) in [5.74, 6) is -0.353. The van der Waals surface area contributed by atoms with Crippen molar-refractivity contribution in [3.05, 3.63) is 34.1 Å². The van der Waals surface area contributed by atoms with Crippen molar-refractivity contribution in [2.45, 2.75) is 31.8 Å². The Morgan fingerprint density at radius 1 is 1.43 bits per heavy atom. The van der Waals surface area contributed by atoms with Gasteiger partial charge in [-0.15, -0.1) is 0 Å². The molecule has 1 aliphatic carbocycles. The van der Waals surface area contributed by atoms with Crippen molar-refractivity contribution >= 4 is 11.6 Å². The van der Waals surface area contributed by atoms with Crippen molar-refractivity contribution in [3.63, 3.8) is 0 Å². The Labute approximate surface area is 87.5 Å². The molecular formula is C11H12ClFO. The second-order valence-electron chi connectivity index (χ2n) is 3.97. The molecule has 0 amide bonds. The van der Waals surface area contributed by atoms with E-state index in [4.69, 9.17) is 11.6 Å². The van der Waals surface area contributed by atoms with E-state index in [1.54, 1.807) is 13.0 Å². The first kappa shape index (κ1) is 9.94. The summed E-state index contributed by atoms with van der Waals surface area (Å²) in [5, 5.41) is 10.5. The minimum Gasteiger partial charge on any atom is -0.385 e. The van der Waals surface area contributed by atoms with Crippen molar-refractivity contribution in [2.75, 3.05) is 0 Å². The van der Waals surface area contributed by atoms with E-state index in [1.165, 1.54) is 6.07 Å². The highest BCUT2D eigenvalue weighted by Gasteiger charge is 2.38. The lowest BCUT2D eigenvalue weighted by Crippen LogP contribution is -2.34. The fourth-order valence-electron chi connectivity index (χ4n) is 1.78. The largest absolute Gasteiger partial charge is 0.385 e. The Balaban J connectivity index is 2.48. The number of benzene rings is 1. The van der Waals surface area contributed by atoms with Crippen molar-refractivity contribution in [1.82, 2.24) is 0 Å². The molecule has 1 N–H and O–H groups in total. The maximum atomic E-state index is 13.5. The highest BCUT2D eigenvalue weighted by atomic mass is 35.5. The molecule has 1 aromatic rings. The van der Waals surface area contributed by atoms with E-state index in [9.17, 15) is 9.50 Å². The lowest BCUT2D eigenvalue weighted by atomic mass is 9.75. The summed E-state index contributed by atoms with van der Waals surface area (Å²) in [6.45, 7) is 1.75. The molecule has 2 rings (SSSR count). The van der Waals surface area contributed by atoms with Crippen LogP contribution in [0.2, 0.25) is 5.02 Å².